The summed E-state index contributed by atoms with van der Waals surface area (Å²) in [5.41, 5.74) is 2.86. The van der Waals surface area contributed by atoms with Crippen molar-refractivity contribution in [1.29, 1.82) is 0 Å². The molecule has 0 saturated carbocycles. The summed E-state index contributed by atoms with van der Waals surface area (Å²) in [4.78, 5) is 30.0. The first kappa shape index (κ1) is 16.3. The Hall–Kier alpha value is -3.56. The van der Waals surface area contributed by atoms with Crippen LogP contribution in [0.5, 0.6) is 11.5 Å². The van der Waals surface area contributed by atoms with E-state index in [1.54, 1.807) is 19.2 Å². The van der Waals surface area contributed by atoms with Crippen LogP contribution in [0.4, 0.5) is 5.95 Å². The largest absolute Gasteiger partial charge is 0.504 e. The molecule has 0 amide bonds. The zero-order chi connectivity index (χ0) is 18.1. The average Bonchev–Trinajstić information content (AvgIpc) is 2.92. The second-order valence-corrected chi connectivity index (χ2v) is 5.29. The Balaban J connectivity index is 1.93. The van der Waals surface area contributed by atoms with E-state index in [-0.39, 0.29) is 16.9 Å². The van der Waals surface area contributed by atoms with Crippen LogP contribution in [0, 0.1) is 0 Å². The first-order chi connectivity index (χ1) is 11.9. The Morgan fingerprint density at radius 1 is 1.32 bits per heavy atom. The molecule has 3 aromatic rings. The molecule has 0 aliphatic rings. The van der Waals surface area contributed by atoms with Crippen LogP contribution in [-0.4, -0.2) is 37.5 Å². The van der Waals surface area contributed by atoms with Crippen molar-refractivity contribution in [2.75, 3.05) is 12.5 Å². The van der Waals surface area contributed by atoms with Gasteiger partial charge < -0.3 is 14.4 Å². The van der Waals surface area contributed by atoms with Crippen molar-refractivity contribution in [2.45, 2.75) is 0 Å². The summed E-state index contributed by atoms with van der Waals surface area (Å²) < 4.78 is 7.78. The van der Waals surface area contributed by atoms with Crippen LogP contribution < -0.4 is 21.4 Å². The maximum atomic E-state index is 12.0. The number of benzene rings is 1. The first-order valence-electron chi connectivity index (χ1n) is 7.24. The van der Waals surface area contributed by atoms with Gasteiger partial charge in [0, 0.05) is 14.1 Å². The molecule has 0 aliphatic carbocycles. The smallest absolute Gasteiger partial charge is 0.329 e. The quantitative estimate of drug-likeness (QED) is 0.456. The molecule has 0 fully saturated rings. The summed E-state index contributed by atoms with van der Waals surface area (Å²) >= 11 is 0. The summed E-state index contributed by atoms with van der Waals surface area (Å²) in [5, 5.41) is 13.6. The molecule has 0 saturated heterocycles. The number of methoxy groups -OCH3 is 1. The molecule has 1 aromatic carbocycles. The SMILES string of the molecule is COc1cc(/C=N/Nc2nc3c(c(=O)[nH]c(=O)n3C)n2C)ccc1O. The maximum Gasteiger partial charge on any atom is 0.329 e. The van der Waals surface area contributed by atoms with Crippen molar-refractivity contribution in [1.82, 2.24) is 19.1 Å². The number of aryl methyl sites for hydroxylation is 2. The normalized spacial score (nSPS) is 11.3. The molecular weight excluding hydrogens is 328 g/mol. The van der Waals surface area contributed by atoms with Crippen molar-refractivity contribution in [3.63, 3.8) is 0 Å². The van der Waals surface area contributed by atoms with Crippen LogP contribution >= 0.6 is 0 Å². The lowest BCUT2D eigenvalue weighted by atomic mass is 10.2. The molecule has 3 rings (SSSR count). The van der Waals surface area contributed by atoms with Crippen molar-refractivity contribution in [3.8, 4) is 11.5 Å². The number of ether oxygens (including phenoxy) is 1. The maximum absolute atomic E-state index is 12.0. The number of fused-ring (bicyclic) bond motifs is 1. The number of imidazole rings is 1. The number of aromatic amines is 1. The Morgan fingerprint density at radius 3 is 2.80 bits per heavy atom. The van der Waals surface area contributed by atoms with Crippen molar-refractivity contribution in [2.24, 2.45) is 19.2 Å². The van der Waals surface area contributed by atoms with E-state index in [2.05, 4.69) is 20.5 Å². The highest BCUT2D eigenvalue weighted by molar-refractivity contribution is 5.81. The van der Waals surface area contributed by atoms with Crippen LogP contribution in [0.1, 0.15) is 5.56 Å². The second kappa shape index (κ2) is 6.15. The third-order valence-electron chi connectivity index (χ3n) is 3.72. The summed E-state index contributed by atoms with van der Waals surface area (Å²) in [6.07, 6.45) is 1.50. The highest BCUT2D eigenvalue weighted by atomic mass is 16.5. The van der Waals surface area contributed by atoms with Gasteiger partial charge in [0.25, 0.3) is 5.56 Å². The van der Waals surface area contributed by atoms with E-state index in [1.807, 2.05) is 0 Å². The predicted molar refractivity (Wildman–Crippen MR) is 92.5 cm³/mol. The highest BCUT2D eigenvalue weighted by Gasteiger charge is 2.14. The molecule has 0 radical (unpaired) electrons. The Bertz CT molecular complexity index is 1090. The molecule has 0 atom stereocenters. The number of nitrogens with zero attached hydrogens (tertiary/aromatic N) is 4. The molecule has 2 heterocycles. The van der Waals surface area contributed by atoms with Crippen molar-refractivity contribution < 1.29 is 9.84 Å². The number of phenolic OH excluding ortho intramolecular Hbond substituents is 1. The van der Waals surface area contributed by atoms with E-state index in [9.17, 15) is 14.7 Å². The van der Waals surface area contributed by atoms with Gasteiger partial charge in [-0.2, -0.15) is 10.1 Å². The van der Waals surface area contributed by atoms with E-state index < -0.39 is 11.2 Å². The van der Waals surface area contributed by atoms with Crippen LogP contribution in [0.3, 0.4) is 0 Å². The minimum atomic E-state index is -0.540. The number of aromatic nitrogens is 4. The first-order valence-corrected chi connectivity index (χ1v) is 7.24. The molecule has 10 heteroatoms. The van der Waals surface area contributed by atoms with E-state index in [0.29, 0.717) is 17.3 Å². The third-order valence-corrected chi connectivity index (χ3v) is 3.72. The third kappa shape index (κ3) is 2.84. The zero-order valence-corrected chi connectivity index (χ0v) is 13.8. The van der Waals surface area contributed by atoms with E-state index >= 15 is 0 Å². The van der Waals surface area contributed by atoms with E-state index in [1.165, 1.54) is 35.6 Å². The van der Waals surface area contributed by atoms with Gasteiger partial charge in [0.15, 0.2) is 22.7 Å². The number of rotatable bonds is 4. The van der Waals surface area contributed by atoms with Gasteiger partial charge in [-0.15, -0.1) is 0 Å². The van der Waals surface area contributed by atoms with Crippen LogP contribution in [-0.2, 0) is 14.1 Å². The monoisotopic (exact) mass is 344 g/mol. The summed E-state index contributed by atoms with van der Waals surface area (Å²) in [6, 6.07) is 4.76. The van der Waals surface area contributed by atoms with Crippen LogP contribution in [0.25, 0.3) is 11.2 Å². The van der Waals surface area contributed by atoms with Gasteiger partial charge in [0.1, 0.15) is 0 Å². The fourth-order valence-corrected chi connectivity index (χ4v) is 2.35. The van der Waals surface area contributed by atoms with Gasteiger partial charge in [0.2, 0.25) is 5.95 Å². The van der Waals surface area contributed by atoms with Gasteiger partial charge in [-0.3, -0.25) is 14.3 Å². The minimum Gasteiger partial charge on any atom is -0.504 e. The number of hydrogen-bond donors (Lipinski definition) is 3. The molecule has 10 nitrogen and oxygen atoms in total. The molecule has 0 unspecified atom stereocenters. The van der Waals surface area contributed by atoms with E-state index in [0.717, 1.165) is 0 Å². The van der Waals surface area contributed by atoms with Gasteiger partial charge in [-0.1, -0.05) is 0 Å². The predicted octanol–water partition coefficient (Wildman–Crippen LogP) is 0.120. The molecule has 3 N–H and O–H groups in total. The number of aromatic hydroxyl groups is 1. The fraction of sp³-hybridized carbons (Fsp3) is 0.200. The molecule has 0 spiro atoms. The Kier molecular flexibility index (Phi) is 4.01. The number of phenols is 1. The van der Waals surface area contributed by atoms with Crippen molar-refractivity contribution >= 4 is 23.3 Å². The topological polar surface area (TPSA) is 127 Å². The zero-order valence-electron chi connectivity index (χ0n) is 13.8. The molecule has 25 heavy (non-hydrogen) atoms. The second-order valence-electron chi connectivity index (χ2n) is 5.29. The summed E-state index contributed by atoms with van der Waals surface area (Å²) in [6.45, 7) is 0. The van der Waals surface area contributed by atoms with Crippen LogP contribution in [0.2, 0.25) is 0 Å². The lowest BCUT2D eigenvalue weighted by Gasteiger charge is -2.03. The highest BCUT2D eigenvalue weighted by Crippen LogP contribution is 2.25. The lowest BCUT2D eigenvalue weighted by molar-refractivity contribution is 0.373. The van der Waals surface area contributed by atoms with Crippen LogP contribution in [0.15, 0.2) is 32.9 Å². The molecule has 130 valence electrons. The molecular formula is C15H16N6O4. The van der Waals surface area contributed by atoms with Gasteiger partial charge in [0.05, 0.1) is 13.3 Å². The van der Waals surface area contributed by atoms with E-state index in [4.69, 9.17) is 4.74 Å². The number of H-pyrrole nitrogens is 1. The van der Waals surface area contributed by atoms with Crippen molar-refractivity contribution in [3.05, 3.63) is 44.6 Å². The lowest BCUT2D eigenvalue weighted by Crippen LogP contribution is -2.29. The Morgan fingerprint density at radius 2 is 2.08 bits per heavy atom. The van der Waals surface area contributed by atoms with Gasteiger partial charge >= 0.3 is 5.69 Å². The standard InChI is InChI=1S/C15H16N6O4/c1-20-11-12(21(2)15(24)18-13(11)23)17-14(20)19-16-7-8-4-5-9(22)10(6-8)25-3/h4-7,22H,1-3H3,(H,17,19)(H,18,23,24)/b16-7+. The van der Waals surface area contributed by atoms with Gasteiger partial charge in [-0.05, 0) is 23.8 Å². The minimum absolute atomic E-state index is 0.0307. The number of hydrazone groups is 1. The molecule has 0 aliphatic heterocycles. The molecule has 2 aromatic heterocycles. The number of nitrogens with one attached hydrogen (secondary N) is 2. The summed E-state index contributed by atoms with van der Waals surface area (Å²) in [5.74, 6) is 0.653. The van der Waals surface area contributed by atoms with Gasteiger partial charge in [-0.25, -0.2) is 10.2 Å². The summed E-state index contributed by atoms with van der Waals surface area (Å²) in [7, 11) is 4.61. The molecule has 0 bridgehead atoms. The fourth-order valence-electron chi connectivity index (χ4n) is 2.35. The average molecular weight is 344 g/mol. The Labute approximate surface area is 141 Å². The number of hydrogen-bond acceptors (Lipinski definition) is 7. The number of anilines is 1.